The average Bonchev–Trinajstić information content (AvgIpc) is 2.31. The van der Waals surface area contributed by atoms with Crippen molar-refractivity contribution in [3.05, 3.63) is 29.3 Å². The zero-order valence-electron chi connectivity index (χ0n) is 10.1. The fourth-order valence-corrected chi connectivity index (χ4v) is 1.12. The Morgan fingerprint density at radius 3 is 2.44 bits per heavy atom. The van der Waals surface area contributed by atoms with E-state index in [0.29, 0.717) is 11.3 Å². The first kappa shape index (κ1) is 14.6. The molecule has 0 radical (unpaired) electrons. The number of benzene rings is 1. The molecule has 5 heteroatoms. The van der Waals surface area contributed by atoms with Crippen molar-refractivity contribution in [3.63, 3.8) is 0 Å². The van der Waals surface area contributed by atoms with E-state index >= 15 is 0 Å². The molecule has 1 unspecified atom stereocenters. The van der Waals surface area contributed by atoms with Crippen LogP contribution in [0.5, 0.6) is 0 Å². The Labute approximate surface area is 95.3 Å². The minimum Gasteiger partial charge on any atom is -0.366 e. The number of nitrogens with two attached hydrogens (primary N) is 1. The van der Waals surface area contributed by atoms with E-state index in [2.05, 4.69) is 4.84 Å². The van der Waals surface area contributed by atoms with Crippen molar-refractivity contribution >= 4 is 11.6 Å². The summed E-state index contributed by atoms with van der Waals surface area (Å²) in [6, 6.07) is 4.80. The third-order valence-electron chi connectivity index (χ3n) is 1.95. The molecule has 1 rings (SSSR count). The Kier molecular flexibility index (Phi) is 6.32. The van der Waals surface area contributed by atoms with Gasteiger partial charge in [0.2, 0.25) is 11.6 Å². The summed E-state index contributed by atoms with van der Waals surface area (Å²) in [5.74, 6) is -0.532. The predicted octanol–water partition coefficient (Wildman–Crippen LogP) is 0.587. The minimum absolute atomic E-state index is 0.217. The molecular formula is C11H19N2O3+. The molecule has 5 nitrogen and oxygen atoms in total. The molecule has 4 N–H and O–H groups in total. The van der Waals surface area contributed by atoms with Crippen molar-refractivity contribution in [2.45, 2.75) is 20.8 Å². The molecule has 0 aliphatic carbocycles. The van der Waals surface area contributed by atoms with Gasteiger partial charge in [0, 0.05) is 17.2 Å². The van der Waals surface area contributed by atoms with E-state index in [1.165, 1.54) is 13.2 Å². The highest BCUT2D eigenvalue weighted by Gasteiger charge is 2.14. The van der Waals surface area contributed by atoms with Crippen molar-refractivity contribution in [1.29, 1.82) is 0 Å². The van der Waals surface area contributed by atoms with Crippen LogP contribution in [0.25, 0.3) is 0 Å². The summed E-state index contributed by atoms with van der Waals surface area (Å²) in [4.78, 5) is 15.5. The van der Waals surface area contributed by atoms with Crippen LogP contribution in [-0.2, 0) is 4.84 Å². The number of rotatable bonds is 3. The van der Waals surface area contributed by atoms with Gasteiger partial charge in [0.25, 0.3) is 0 Å². The van der Waals surface area contributed by atoms with Gasteiger partial charge in [0.1, 0.15) is 7.11 Å². The number of carbonyl (C=O) groups is 1. The lowest BCUT2D eigenvalue weighted by atomic mass is 10.1. The molecule has 1 aromatic rings. The van der Waals surface area contributed by atoms with E-state index in [1.807, 2.05) is 13.8 Å². The predicted molar refractivity (Wildman–Crippen MR) is 60.5 cm³/mol. The SMILES string of the molecule is CC.CO[NH+](O)c1cc(C(N)=O)ccc1C. The lowest BCUT2D eigenvalue weighted by Gasteiger charge is -2.08. The Morgan fingerprint density at radius 1 is 1.44 bits per heavy atom. The summed E-state index contributed by atoms with van der Waals surface area (Å²) in [6.07, 6.45) is 0. The molecule has 0 saturated carbocycles. The number of aryl methyl sites for hydroxylation is 1. The van der Waals surface area contributed by atoms with E-state index in [-0.39, 0.29) is 5.23 Å². The molecular weight excluding hydrogens is 208 g/mol. The number of amides is 1. The first-order valence-corrected chi connectivity index (χ1v) is 5.07. The monoisotopic (exact) mass is 227 g/mol. The molecule has 1 aromatic carbocycles. The third-order valence-corrected chi connectivity index (χ3v) is 1.95. The van der Waals surface area contributed by atoms with Crippen LogP contribution in [-0.4, -0.2) is 18.2 Å². The summed E-state index contributed by atoms with van der Waals surface area (Å²) in [5.41, 5.74) is 6.74. The summed E-state index contributed by atoms with van der Waals surface area (Å²) >= 11 is 0. The van der Waals surface area contributed by atoms with Crippen LogP contribution in [0.4, 0.5) is 5.69 Å². The van der Waals surface area contributed by atoms with E-state index < -0.39 is 5.91 Å². The van der Waals surface area contributed by atoms with Gasteiger partial charge >= 0.3 is 0 Å². The van der Waals surface area contributed by atoms with Crippen molar-refractivity contribution < 1.29 is 20.1 Å². The van der Waals surface area contributed by atoms with Gasteiger partial charge in [-0.15, -0.1) is 0 Å². The number of carbonyl (C=O) groups excluding carboxylic acids is 1. The van der Waals surface area contributed by atoms with Crippen molar-refractivity contribution in [2.24, 2.45) is 5.73 Å². The van der Waals surface area contributed by atoms with E-state index in [9.17, 15) is 10.0 Å². The van der Waals surface area contributed by atoms with Gasteiger partial charge in [-0.3, -0.25) is 4.79 Å². The molecule has 0 saturated heterocycles. The van der Waals surface area contributed by atoms with Gasteiger partial charge < -0.3 is 5.73 Å². The van der Waals surface area contributed by atoms with E-state index in [0.717, 1.165) is 5.56 Å². The van der Waals surface area contributed by atoms with Crippen LogP contribution >= 0.6 is 0 Å². The summed E-state index contributed by atoms with van der Waals surface area (Å²) < 4.78 is 0. The molecule has 0 aromatic heterocycles. The molecule has 0 bridgehead atoms. The molecule has 90 valence electrons. The van der Waals surface area contributed by atoms with Gasteiger partial charge in [-0.05, 0) is 18.2 Å². The van der Waals surface area contributed by atoms with Gasteiger partial charge in [0.15, 0.2) is 0 Å². The Hall–Kier alpha value is -1.43. The third kappa shape index (κ3) is 3.62. The first-order chi connectivity index (χ1) is 7.56. The molecule has 16 heavy (non-hydrogen) atoms. The minimum atomic E-state index is -0.532. The molecule has 0 heterocycles. The van der Waals surface area contributed by atoms with Gasteiger partial charge in [0.05, 0.1) is 0 Å². The number of nitrogens with one attached hydrogen (secondary N) is 1. The maximum absolute atomic E-state index is 10.9. The first-order valence-electron chi connectivity index (χ1n) is 5.07. The smallest absolute Gasteiger partial charge is 0.248 e. The van der Waals surface area contributed by atoms with Crippen LogP contribution in [0.15, 0.2) is 18.2 Å². The second-order valence-corrected chi connectivity index (χ2v) is 2.90. The van der Waals surface area contributed by atoms with Gasteiger partial charge in [-0.1, -0.05) is 19.9 Å². The summed E-state index contributed by atoms with van der Waals surface area (Å²) in [7, 11) is 1.35. The van der Waals surface area contributed by atoms with E-state index in [1.54, 1.807) is 19.1 Å². The average molecular weight is 227 g/mol. The highest BCUT2D eigenvalue weighted by molar-refractivity contribution is 5.93. The largest absolute Gasteiger partial charge is 0.366 e. The topological polar surface area (TPSA) is 77.0 Å². The zero-order chi connectivity index (χ0) is 12.7. The molecule has 0 aliphatic heterocycles. The normalized spacial score (nSPS) is 11.3. The molecule has 0 aliphatic rings. The number of hydrogen-bond acceptors (Lipinski definition) is 3. The Bertz CT molecular complexity index is 353. The standard InChI is InChI=1S/C9H12N2O3.C2H6/c1-6-3-4-7(9(10)12)5-8(6)11(13)14-2;1-2/h3-5,13H,1-2H3,(H2,10,12);1-2H3/p+1. The van der Waals surface area contributed by atoms with E-state index in [4.69, 9.17) is 5.73 Å². The van der Waals surface area contributed by atoms with Crippen LogP contribution in [0.2, 0.25) is 0 Å². The van der Waals surface area contributed by atoms with Gasteiger partial charge in [-0.2, -0.15) is 10.0 Å². The van der Waals surface area contributed by atoms with Crippen LogP contribution in [0.3, 0.4) is 0 Å². The Balaban J connectivity index is 0.00000106. The van der Waals surface area contributed by atoms with Crippen LogP contribution in [0.1, 0.15) is 29.8 Å². The quantitative estimate of drug-likeness (QED) is 0.661. The highest BCUT2D eigenvalue weighted by atomic mass is 16.9. The van der Waals surface area contributed by atoms with Crippen LogP contribution in [0, 0.1) is 6.92 Å². The van der Waals surface area contributed by atoms with Crippen molar-refractivity contribution in [3.8, 4) is 0 Å². The molecule has 0 fully saturated rings. The lowest BCUT2D eigenvalue weighted by Crippen LogP contribution is -3.03. The fraction of sp³-hybridized carbons (Fsp3) is 0.364. The summed E-state index contributed by atoms with van der Waals surface area (Å²) in [6.45, 7) is 5.80. The number of quaternary nitrogens is 1. The second kappa shape index (κ2) is 6.95. The van der Waals surface area contributed by atoms with Crippen molar-refractivity contribution in [2.75, 3.05) is 7.11 Å². The molecule has 1 amide bonds. The van der Waals surface area contributed by atoms with Gasteiger partial charge in [-0.25, -0.2) is 0 Å². The number of hydrogen-bond donors (Lipinski definition) is 3. The maximum Gasteiger partial charge on any atom is 0.248 e. The molecule has 1 atom stereocenters. The fourth-order valence-electron chi connectivity index (χ4n) is 1.12. The number of primary amides is 1. The lowest BCUT2D eigenvalue weighted by molar-refractivity contribution is -1.19. The Morgan fingerprint density at radius 2 is 2.00 bits per heavy atom. The molecule has 0 spiro atoms. The zero-order valence-corrected chi connectivity index (χ0v) is 10.1. The van der Waals surface area contributed by atoms with Crippen LogP contribution < -0.4 is 11.0 Å². The summed E-state index contributed by atoms with van der Waals surface area (Å²) in [5, 5.41) is 9.14. The maximum atomic E-state index is 10.9. The highest BCUT2D eigenvalue weighted by Crippen LogP contribution is 2.12. The van der Waals surface area contributed by atoms with Crippen molar-refractivity contribution in [1.82, 2.24) is 0 Å². The second-order valence-electron chi connectivity index (χ2n) is 2.90.